The van der Waals surface area contributed by atoms with Gasteiger partial charge in [0.1, 0.15) is 0 Å². The Morgan fingerprint density at radius 1 is 1.33 bits per heavy atom. The third-order valence-corrected chi connectivity index (χ3v) is 2.12. The zero-order chi connectivity index (χ0) is 8.81. The first-order chi connectivity index (χ1) is 5.79. The first-order valence-electron chi connectivity index (χ1n) is 4.88. The molecule has 12 heavy (non-hydrogen) atoms. The van der Waals surface area contributed by atoms with Crippen molar-refractivity contribution in [1.29, 1.82) is 0 Å². The van der Waals surface area contributed by atoms with E-state index < -0.39 is 0 Å². The van der Waals surface area contributed by atoms with Crippen LogP contribution in [0.1, 0.15) is 46.0 Å². The van der Waals surface area contributed by atoms with Crippen molar-refractivity contribution in [2.24, 2.45) is 0 Å². The SMILES string of the molecule is CC(C)=C=CC1=CCCCCC1. The molecule has 0 heteroatoms. The molecule has 66 valence electrons. The van der Waals surface area contributed by atoms with Crippen molar-refractivity contribution in [3.63, 3.8) is 0 Å². The summed E-state index contributed by atoms with van der Waals surface area (Å²) in [4.78, 5) is 0. The van der Waals surface area contributed by atoms with Crippen LogP contribution in [-0.4, -0.2) is 0 Å². The summed E-state index contributed by atoms with van der Waals surface area (Å²) in [6.07, 6.45) is 11.1. The Bertz CT molecular complexity index is 220. The first-order valence-corrected chi connectivity index (χ1v) is 4.88. The number of hydrogen-bond acceptors (Lipinski definition) is 0. The smallest absolute Gasteiger partial charge is 0.0172 e. The minimum absolute atomic E-state index is 1.25. The lowest BCUT2D eigenvalue weighted by Crippen LogP contribution is -1.75. The molecule has 0 aliphatic heterocycles. The molecule has 0 saturated heterocycles. The molecule has 1 aliphatic rings. The van der Waals surface area contributed by atoms with Gasteiger partial charge in [-0.05, 0) is 56.8 Å². The zero-order valence-corrected chi connectivity index (χ0v) is 8.19. The van der Waals surface area contributed by atoms with Gasteiger partial charge in [0.2, 0.25) is 0 Å². The van der Waals surface area contributed by atoms with Crippen LogP contribution in [0.2, 0.25) is 0 Å². The maximum absolute atomic E-state index is 3.27. The standard InChI is InChI=1S/C12H18/c1-11(2)9-10-12-7-5-3-4-6-8-12/h7,10H,3-6,8H2,1-2H3. The second-order valence-electron chi connectivity index (χ2n) is 3.67. The van der Waals surface area contributed by atoms with Gasteiger partial charge in [0.15, 0.2) is 0 Å². The Hall–Kier alpha value is -0.740. The van der Waals surface area contributed by atoms with E-state index in [0.29, 0.717) is 0 Å². The van der Waals surface area contributed by atoms with Gasteiger partial charge in [-0.15, -0.1) is 5.73 Å². The van der Waals surface area contributed by atoms with Crippen molar-refractivity contribution in [2.75, 3.05) is 0 Å². The molecule has 0 aromatic heterocycles. The highest BCUT2D eigenvalue weighted by Gasteiger charge is 1.98. The van der Waals surface area contributed by atoms with Crippen LogP contribution >= 0.6 is 0 Å². The lowest BCUT2D eigenvalue weighted by Gasteiger charge is -1.94. The van der Waals surface area contributed by atoms with Gasteiger partial charge in [0, 0.05) is 0 Å². The van der Waals surface area contributed by atoms with E-state index in [1.807, 2.05) is 0 Å². The van der Waals surface area contributed by atoms with Crippen LogP contribution in [-0.2, 0) is 0 Å². The fraction of sp³-hybridized carbons (Fsp3) is 0.583. The molecule has 0 saturated carbocycles. The monoisotopic (exact) mass is 162 g/mol. The molecule has 0 spiro atoms. The molecule has 0 radical (unpaired) electrons. The van der Waals surface area contributed by atoms with Crippen LogP contribution in [0.3, 0.4) is 0 Å². The average Bonchev–Trinajstić information content (AvgIpc) is 2.28. The molecule has 0 fully saturated rings. The Morgan fingerprint density at radius 3 is 2.92 bits per heavy atom. The van der Waals surface area contributed by atoms with E-state index in [0.717, 1.165) is 0 Å². The van der Waals surface area contributed by atoms with Gasteiger partial charge in [-0.25, -0.2) is 0 Å². The Labute approximate surface area is 75.7 Å². The summed E-state index contributed by atoms with van der Waals surface area (Å²) >= 11 is 0. The van der Waals surface area contributed by atoms with Gasteiger partial charge in [-0.3, -0.25) is 0 Å². The Morgan fingerprint density at radius 2 is 2.17 bits per heavy atom. The maximum atomic E-state index is 3.27. The second kappa shape index (κ2) is 5.00. The molecule has 0 N–H and O–H groups in total. The van der Waals surface area contributed by atoms with Crippen molar-refractivity contribution in [2.45, 2.75) is 46.0 Å². The lowest BCUT2D eigenvalue weighted by atomic mass is 10.1. The zero-order valence-electron chi connectivity index (χ0n) is 8.19. The minimum atomic E-state index is 1.25. The molecule has 0 aromatic carbocycles. The maximum Gasteiger partial charge on any atom is -0.0172 e. The van der Waals surface area contributed by atoms with Gasteiger partial charge in [-0.2, -0.15) is 0 Å². The van der Waals surface area contributed by atoms with E-state index in [2.05, 4.69) is 31.7 Å². The van der Waals surface area contributed by atoms with Gasteiger partial charge >= 0.3 is 0 Å². The molecule has 0 unspecified atom stereocenters. The highest BCUT2D eigenvalue weighted by Crippen LogP contribution is 2.17. The summed E-state index contributed by atoms with van der Waals surface area (Å²) in [6.45, 7) is 4.18. The predicted octanol–water partition coefficient (Wildman–Crippen LogP) is 4.00. The van der Waals surface area contributed by atoms with Gasteiger partial charge in [-0.1, -0.05) is 12.5 Å². The summed E-state index contributed by atoms with van der Waals surface area (Å²) in [6, 6.07) is 0. The van der Waals surface area contributed by atoms with Crippen molar-refractivity contribution >= 4 is 0 Å². The molecule has 0 amide bonds. The predicted molar refractivity (Wildman–Crippen MR) is 54.1 cm³/mol. The van der Waals surface area contributed by atoms with Crippen molar-refractivity contribution in [1.82, 2.24) is 0 Å². The van der Waals surface area contributed by atoms with E-state index in [1.54, 1.807) is 0 Å². The molecule has 1 rings (SSSR count). The summed E-state index contributed by atoms with van der Waals surface area (Å²) in [5.74, 6) is 0. The van der Waals surface area contributed by atoms with Crippen LogP contribution in [0.25, 0.3) is 0 Å². The number of rotatable bonds is 1. The molecule has 0 nitrogen and oxygen atoms in total. The van der Waals surface area contributed by atoms with Gasteiger partial charge in [0.25, 0.3) is 0 Å². The van der Waals surface area contributed by atoms with E-state index >= 15 is 0 Å². The van der Waals surface area contributed by atoms with Crippen LogP contribution in [0.15, 0.2) is 29.0 Å². The normalized spacial score (nSPS) is 17.3. The molecular formula is C12H18. The molecule has 0 bridgehead atoms. The van der Waals surface area contributed by atoms with E-state index in [1.165, 1.54) is 43.3 Å². The van der Waals surface area contributed by atoms with Crippen LogP contribution in [0, 0.1) is 0 Å². The molecule has 0 aromatic rings. The summed E-state index contributed by atoms with van der Waals surface area (Å²) in [7, 11) is 0. The largest absolute Gasteiger partial charge is 0.122 e. The Balaban J connectivity index is 2.61. The number of allylic oxidation sites excluding steroid dienone is 3. The van der Waals surface area contributed by atoms with Crippen LogP contribution in [0.5, 0.6) is 0 Å². The molecule has 1 aliphatic carbocycles. The fourth-order valence-corrected chi connectivity index (χ4v) is 1.41. The quantitative estimate of drug-likeness (QED) is 0.511. The topological polar surface area (TPSA) is 0 Å². The summed E-state index contributed by atoms with van der Waals surface area (Å²) in [5.41, 5.74) is 6.01. The average molecular weight is 162 g/mol. The van der Waals surface area contributed by atoms with Crippen molar-refractivity contribution in [3.8, 4) is 0 Å². The summed E-state index contributed by atoms with van der Waals surface area (Å²) in [5, 5.41) is 0. The van der Waals surface area contributed by atoms with Gasteiger partial charge in [0.05, 0.1) is 0 Å². The van der Waals surface area contributed by atoms with Crippen LogP contribution < -0.4 is 0 Å². The third-order valence-electron chi connectivity index (χ3n) is 2.12. The van der Waals surface area contributed by atoms with Crippen molar-refractivity contribution in [3.05, 3.63) is 29.0 Å². The molecule has 0 atom stereocenters. The highest BCUT2D eigenvalue weighted by molar-refractivity contribution is 5.19. The fourth-order valence-electron chi connectivity index (χ4n) is 1.41. The van der Waals surface area contributed by atoms with Crippen molar-refractivity contribution < 1.29 is 0 Å². The first kappa shape index (κ1) is 9.35. The van der Waals surface area contributed by atoms with E-state index in [4.69, 9.17) is 0 Å². The van der Waals surface area contributed by atoms with E-state index in [-0.39, 0.29) is 0 Å². The third kappa shape index (κ3) is 3.59. The number of hydrogen-bond donors (Lipinski definition) is 0. The highest BCUT2D eigenvalue weighted by atomic mass is 14.0. The van der Waals surface area contributed by atoms with Crippen LogP contribution in [0.4, 0.5) is 0 Å². The second-order valence-corrected chi connectivity index (χ2v) is 3.67. The lowest BCUT2D eigenvalue weighted by molar-refractivity contribution is 0.714. The minimum Gasteiger partial charge on any atom is -0.122 e. The molecule has 0 heterocycles. The Kier molecular flexibility index (Phi) is 3.90. The van der Waals surface area contributed by atoms with Gasteiger partial charge < -0.3 is 0 Å². The van der Waals surface area contributed by atoms with E-state index in [9.17, 15) is 0 Å². The molecular weight excluding hydrogens is 144 g/mol. The summed E-state index contributed by atoms with van der Waals surface area (Å²) < 4.78 is 0.